The van der Waals surface area contributed by atoms with Crippen LogP contribution in [0.5, 0.6) is 0 Å². The molecule has 1 aliphatic carbocycles. The van der Waals surface area contributed by atoms with Gasteiger partial charge in [0.05, 0.1) is 23.8 Å². The monoisotopic (exact) mass is 407 g/mol. The van der Waals surface area contributed by atoms with Crippen molar-refractivity contribution in [2.45, 2.75) is 84.1 Å². The molecule has 0 spiro atoms. The average molecular weight is 408 g/mol. The smallest absolute Gasteiger partial charge is 0.232 e. The lowest BCUT2D eigenvalue weighted by Crippen LogP contribution is -2.51. The number of halogens is 1. The second-order valence-corrected chi connectivity index (χ2v) is 8.62. The Bertz CT molecular complexity index is 627. The minimum atomic E-state index is -1.12. The largest absolute Gasteiger partial charge is 0.324 e. The summed E-state index contributed by atoms with van der Waals surface area (Å²) in [5.74, 6) is 0.0462. The van der Waals surface area contributed by atoms with Crippen LogP contribution in [0.2, 0.25) is 0 Å². The van der Waals surface area contributed by atoms with Crippen LogP contribution in [0.1, 0.15) is 65.7 Å². The maximum Gasteiger partial charge on any atom is 0.232 e. The zero-order chi connectivity index (χ0) is 21.4. The summed E-state index contributed by atoms with van der Waals surface area (Å²) in [4.78, 5) is 21.4. The molecule has 0 aromatic heterocycles. The molecule has 1 saturated carbocycles. The summed E-state index contributed by atoms with van der Waals surface area (Å²) in [6.07, 6.45) is 7.73. The highest BCUT2D eigenvalue weighted by atomic mass is 19.1. The van der Waals surface area contributed by atoms with Gasteiger partial charge < -0.3 is 16.8 Å². The van der Waals surface area contributed by atoms with Crippen LogP contribution < -0.4 is 16.8 Å². The summed E-state index contributed by atoms with van der Waals surface area (Å²) in [5, 5.41) is 2.96. The fourth-order valence-electron chi connectivity index (χ4n) is 3.94. The molecule has 1 heterocycles. The van der Waals surface area contributed by atoms with E-state index in [9.17, 15) is 9.18 Å². The molecule has 1 aliphatic heterocycles. The number of hydrogen-bond donors (Lipinski definition) is 3. The van der Waals surface area contributed by atoms with Gasteiger partial charge in [0.25, 0.3) is 0 Å². The maximum absolute atomic E-state index is 14.2. The Morgan fingerprint density at radius 1 is 1.34 bits per heavy atom. The number of dihydropyridines is 1. The number of nitrogens with zero attached hydrogens (tertiary/aromatic N) is 2. The lowest BCUT2D eigenvalue weighted by atomic mass is 9.96. The van der Waals surface area contributed by atoms with Gasteiger partial charge in [-0.05, 0) is 56.4 Å². The molecule has 2 aliphatic rings. The third-order valence-electron chi connectivity index (χ3n) is 5.84. The summed E-state index contributed by atoms with van der Waals surface area (Å²) in [7, 11) is 0. The number of rotatable bonds is 12. The highest BCUT2D eigenvalue weighted by Gasteiger charge is 2.33. The van der Waals surface area contributed by atoms with Gasteiger partial charge in [0.2, 0.25) is 5.91 Å². The zero-order valence-corrected chi connectivity index (χ0v) is 18.1. The van der Waals surface area contributed by atoms with Gasteiger partial charge in [-0.15, -0.1) is 0 Å². The number of allylic oxidation sites excluding steroid dienone is 1. The van der Waals surface area contributed by atoms with Crippen LogP contribution >= 0.6 is 0 Å². The lowest BCUT2D eigenvalue weighted by molar-refractivity contribution is -0.125. The first-order valence-corrected chi connectivity index (χ1v) is 11.1. The van der Waals surface area contributed by atoms with Gasteiger partial charge in [0, 0.05) is 19.0 Å². The first-order chi connectivity index (χ1) is 13.8. The minimum absolute atomic E-state index is 0.280. The van der Waals surface area contributed by atoms with Crippen molar-refractivity contribution in [1.82, 2.24) is 5.32 Å². The predicted octanol–water partition coefficient (Wildman–Crippen LogP) is 3.11. The molecule has 164 valence electrons. The fourth-order valence-corrected chi connectivity index (χ4v) is 3.94. The quantitative estimate of drug-likeness (QED) is 0.342. The Balaban J connectivity index is 1.95. The number of carbonyl (C=O) groups is 1. The molecule has 1 amide bonds. The third kappa shape index (κ3) is 7.63. The van der Waals surface area contributed by atoms with Crippen molar-refractivity contribution < 1.29 is 9.18 Å². The van der Waals surface area contributed by atoms with Crippen LogP contribution in [-0.4, -0.2) is 43.3 Å². The Kier molecular flexibility index (Phi) is 9.43. The Morgan fingerprint density at radius 2 is 2.07 bits per heavy atom. The number of nitrogens with one attached hydrogen (secondary N) is 1. The molecular weight excluding hydrogens is 369 g/mol. The van der Waals surface area contributed by atoms with Crippen molar-refractivity contribution in [2.24, 2.45) is 39.2 Å². The van der Waals surface area contributed by atoms with Crippen molar-refractivity contribution >= 4 is 18.3 Å². The molecule has 0 saturated heterocycles. The van der Waals surface area contributed by atoms with Gasteiger partial charge in [-0.1, -0.05) is 26.7 Å². The molecule has 2 rings (SSSR count). The van der Waals surface area contributed by atoms with Gasteiger partial charge in [-0.2, -0.15) is 0 Å². The summed E-state index contributed by atoms with van der Waals surface area (Å²) >= 11 is 0. The van der Waals surface area contributed by atoms with E-state index in [-0.39, 0.29) is 5.91 Å². The molecule has 0 aromatic rings. The Morgan fingerprint density at radius 3 is 2.69 bits per heavy atom. The fraction of sp³-hybridized carbons (Fsp3) is 0.773. The highest BCUT2D eigenvalue weighted by Crippen LogP contribution is 2.39. The molecular formula is C22H38FN5O. The highest BCUT2D eigenvalue weighted by molar-refractivity contribution is 5.91. The van der Waals surface area contributed by atoms with Crippen LogP contribution in [0.25, 0.3) is 0 Å². The third-order valence-corrected chi connectivity index (χ3v) is 5.84. The molecule has 5 N–H and O–H groups in total. The summed E-state index contributed by atoms with van der Waals surface area (Å²) in [6.45, 7) is 6.80. The van der Waals surface area contributed by atoms with Gasteiger partial charge in [-0.25, -0.2) is 4.39 Å². The van der Waals surface area contributed by atoms with E-state index in [2.05, 4.69) is 29.1 Å². The van der Waals surface area contributed by atoms with E-state index >= 15 is 0 Å². The Hall–Kier alpha value is -1.60. The zero-order valence-electron chi connectivity index (χ0n) is 18.1. The molecule has 6 nitrogen and oxygen atoms in total. The first-order valence-electron chi connectivity index (χ1n) is 11.1. The van der Waals surface area contributed by atoms with Gasteiger partial charge in [0.15, 0.2) is 0 Å². The van der Waals surface area contributed by atoms with E-state index in [1.165, 1.54) is 11.8 Å². The van der Waals surface area contributed by atoms with E-state index < -0.39 is 24.3 Å². The SMILES string of the molecule is CCCC(C)CCC(F)C=NC(C)C(C(=O)NC1=C(C2CC2)CCN=C1)C(N)N. The molecule has 0 bridgehead atoms. The molecule has 1 fully saturated rings. The topological polar surface area (TPSA) is 106 Å². The van der Waals surface area contributed by atoms with E-state index in [1.54, 1.807) is 13.1 Å². The van der Waals surface area contributed by atoms with E-state index in [1.807, 2.05) is 0 Å². The van der Waals surface area contributed by atoms with Crippen LogP contribution in [0, 0.1) is 17.8 Å². The summed E-state index contributed by atoms with van der Waals surface area (Å²) < 4.78 is 14.2. The number of hydrogen-bond acceptors (Lipinski definition) is 5. The van der Waals surface area contributed by atoms with Crippen molar-refractivity contribution in [3.05, 3.63) is 11.3 Å². The molecule has 29 heavy (non-hydrogen) atoms. The number of alkyl halides is 1. The summed E-state index contributed by atoms with van der Waals surface area (Å²) in [5.41, 5.74) is 13.8. The minimum Gasteiger partial charge on any atom is -0.324 e. The molecule has 7 heteroatoms. The standard InChI is InChI=1S/C22H38FN5O/c1-4-5-14(2)6-9-17(23)12-27-15(3)20(21(24)25)22(29)28-19-13-26-11-10-18(19)16-7-8-16/h12-17,20-21H,4-11,24-25H2,1-3H3,(H,28,29). The van der Waals surface area contributed by atoms with Gasteiger partial charge >= 0.3 is 0 Å². The van der Waals surface area contributed by atoms with Crippen molar-refractivity contribution in [2.75, 3.05) is 6.54 Å². The lowest BCUT2D eigenvalue weighted by Gasteiger charge is -2.25. The van der Waals surface area contributed by atoms with Crippen molar-refractivity contribution in [3.63, 3.8) is 0 Å². The predicted molar refractivity (Wildman–Crippen MR) is 118 cm³/mol. The maximum atomic E-state index is 14.2. The van der Waals surface area contributed by atoms with Crippen LogP contribution in [0.4, 0.5) is 4.39 Å². The van der Waals surface area contributed by atoms with E-state index in [4.69, 9.17) is 11.5 Å². The number of carbonyl (C=O) groups excluding carboxylic acids is 1. The number of aliphatic imine (C=N–C) groups is 2. The van der Waals surface area contributed by atoms with E-state index in [0.717, 1.165) is 50.8 Å². The number of amides is 1. The molecule has 0 aromatic carbocycles. The second-order valence-electron chi connectivity index (χ2n) is 8.62. The molecule has 0 radical (unpaired) electrons. The Labute approximate surface area is 174 Å². The van der Waals surface area contributed by atoms with Gasteiger partial charge in [0.1, 0.15) is 6.17 Å². The first kappa shape index (κ1) is 23.7. The van der Waals surface area contributed by atoms with Crippen LogP contribution in [0.3, 0.4) is 0 Å². The average Bonchev–Trinajstić information content (AvgIpc) is 3.50. The molecule has 4 atom stereocenters. The van der Waals surface area contributed by atoms with Crippen molar-refractivity contribution in [3.8, 4) is 0 Å². The number of nitrogens with two attached hydrogens (primary N) is 2. The van der Waals surface area contributed by atoms with Crippen molar-refractivity contribution in [1.29, 1.82) is 0 Å². The van der Waals surface area contributed by atoms with Crippen LogP contribution in [0.15, 0.2) is 21.3 Å². The van der Waals surface area contributed by atoms with E-state index in [0.29, 0.717) is 18.3 Å². The second kappa shape index (κ2) is 11.6. The van der Waals surface area contributed by atoms with Crippen LogP contribution in [-0.2, 0) is 4.79 Å². The van der Waals surface area contributed by atoms with Gasteiger partial charge in [-0.3, -0.25) is 14.8 Å². The molecule has 4 unspecified atom stereocenters. The summed E-state index contributed by atoms with van der Waals surface area (Å²) in [6, 6.07) is -0.508. The normalized spacial score (nSPS) is 21.5.